The molecule has 0 saturated heterocycles. The minimum absolute atomic E-state index is 0.0571. The van der Waals surface area contributed by atoms with Gasteiger partial charge in [0.25, 0.3) is 0 Å². The first-order valence-electron chi connectivity index (χ1n) is 9.07. The number of thioether (sulfide) groups is 1. The molecule has 0 aliphatic heterocycles. The van der Waals surface area contributed by atoms with E-state index in [2.05, 4.69) is 67.5 Å². The molecule has 7 heteroatoms. The fourth-order valence-electron chi connectivity index (χ4n) is 2.76. The van der Waals surface area contributed by atoms with E-state index in [9.17, 15) is 4.79 Å². The van der Waals surface area contributed by atoms with Crippen molar-refractivity contribution >= 4 is 45.0 Å². The molecule has 0 aliphatic carbocycles. The van der Waals surface area contributed by atoms with Crippen LogP contribution in [0, 0.1) is 13.8 Å². The third kappa shape index (κ3) is 4.47. The smallest absolute Gasteiger partial charge is 0.239 e. The first-order chi connectivity index (χ1) is 12.9. The van der Waals surface area contributed by atoms with E-state index in [1.807, 2.05) is 6.92 Å². The summed E-state index contributed by atoms with van der Waals surface area (Å²) < 4.78 is 0. The number of rotatable bonds is 6. The molecule has 3 aromatic rings. The lowest BCUT2D eigenvalue weighted by Gasteiger charge is -2.14. The molecule has 0 saturated carbocycles. The summed E-state index contributed by atoms with van der Waals surface area (Å²) in [7, 11) is 0. The van der Waals surface area contributed by atoms with Gasteiger partial charge in [-0.3, -0.25) is 10.1 Å². The van der Waals surface area contributed by atoms with Crippen molar-refractivity contribution in [2.75, 3.05) is 5.32 Å². The number of amides is 1. The monoisotopic (exact) mass is 400 g/mol. The maximum atomic E-state index is 12.7. The molecule has 1 atom stereocenters. The number of hydrogen-bond donors (Lipinski definition) is 1. The first-order valence-corrected chi connectivity index (χ1v) is 10.8. The van der Waals surface area contributed by atoms with Crippen molar-refractivity contribution in [1.29, 1.82) is 0 Å². The molecule has 5 nitrogen and oxygen atoms in total. The number of fused-ring (bicyclic) bond motifs is 1. The maximum Gasteiger partial charge on any atom is 0.239 e. The maximum absolute atomic E-state index is 12.7. The van der Waals surface area contributed by atoms with Crippen LogP contribution in [-0.2, 0) is 4.79 Å². The van der Waals surface area contributed by atoms with Crippen LogP contribution in [0.5, 0.6) is 0 Å². The number of carbonyl (C=O) groups excluding carboxylic acids is 1. The van der Waals surface area contributed by atoms with E-state index in [1.165, 1.54) is 28.7 Å². The van der Waals surface area contributed by atoms with Crippen LogP contribution in [0.4, 0.5) is 5.13 Å². The minimum atomic E-state index is -0.232. The number of aryl methyl sites for hydroxylation is 2. The number of pyridine rings is 1. The number of hydrogen-bond acceptors (Lipinski definition) is 6. The third-order valence-electron chi connectivity index (χ3n) is 4.32. The topological polar surface area (TPSA) is 67.8 Å². The Bertz CT molecular complexity index is 968. The summed E-state index contributed by atoms with van der Waals surface area (Å²) in [5.41, 5.74) is 3.32. The molecule has 3 rings (SSSR count). The van der Waals surface area contributed by atoms with E-state index in [0.29, 0.717) is 17.5 Å². The fraction of sp³-hybridized carbons (Fsp3) is 0.400. The summed E-state index contributed by atoms with van der Waals surface area (Å²) >= 11 is 2.93. The van der Waals surface area contributed by atoms with Crippen molar-refractivity contribution in [1.82, 2.24) is 15.2 Å². The van der Waals surface area contributed by atoms with Crippen LogP contribution in [-0.4, -0.2) is 26.3 Å². The molecule has 1 aromatic carbocycles. The van der Waals surface area contributed by atoms with Gasteiger partial charge in [0.15, 0.2) is 0 Å². The van der Waals surface area contributed by atoms with E-state index in [1.54, 1.807) is 0 Å². The van der Waals surface area contributed by atoms with Crippen molar-refractivity contribution < 1.29 is 4.79 Å². The zero-order valence-electron chi connectivity index (χ0n) is 16.2. The van der Waals surface area contributed by atoms with Crippen LogP contribution in [0.1, 0.15) is 49.2 Å². The second-order valence-electron chi connectivity index (χ2n) is 6.85. The SMILES string of the molecule is CCC(Sc1cc(C)c2cccc(C)c2n1)C(=O)Nc1nnc(C(C)C)s1. The van der Waals surface area contributed by atoms with Crippen LogP contribution in [0.3, 0.4) is 0 Å². The van der Waals surface area contributed by atoms with Gasteiger partial charge in [-0.2, -0.15) is 0 Å². The molecular formula is C20H24N4OS2. The van der Waals surface area contributed by atoms with Gasteiger partial charge in [-0.15, -0.1) is 10.2 Å². The zero-order valence-corrected chi connectivity index (χ0v) is 17.9. The van der Waals surface area contributed by atoms with Crippen molar-refractivity contribution in [2.24, 2.45) is 0 Å². The predicted molar refractivity (Wildman–Crippen MR) is 114 cm³/mol. The minimum Gasteiger partial charge on any atom is -0.300 e. The molecule has 1 unspecified atom stereocenters. The van der Waals surface area contributed by atoms with Crippen molar-refractivity contribution in [3.8, 4) is 0 Å². The molecule has 1 N–H and O–H groups in total. The van der Waals surface area contributed by atoms with Gasteiger partial charge in [0, 0.05) is 11.3 Å². The second-order valence-corrected chi connectivity index (χ2v) is 9.08. The average Bonchev–Trinajstić information content (AvgIpc) is 3.09. The van der Waals surface area contributed by atoms with Crippen molar-refractivity contribution in [3.63, 3.8) is 0 Å². The average molecular weight is 401 g/mol. The Morgan fingerprint density at radius 2 is 2.00 bits per heavy atom. The largest absolute Gasteiger partial charge is 0.300 e. The molecule has 2 aromatic heterocycles. The summed E-state index contributed by atoms with van der Waals surface area (Å²) in [6.07, 6.45) is 0.707. The summed E-state index contributed by atoms with van der Waals surface area (Å²) in [4.78, 5) is 17.5. The number of carbonyl (C=O) groups is 1. The zero-order chi connectivity index (χ0) is 19.6. The Hall–Kier alpha value is -1.99. The van der Waals surface area contributed by atoms with Gasteiger partial charge in [-0.05, 0) is 37.5 Å². The summed E-state index contributed by atoms with van der Waals surface area (Å²) in [5.74, 6) is 0.246. The van der Waals surface area contributed by atoms with Crippen molar-refractivity contribution in [2.45, 2.75) is 57.2 Å². The first kappa shape index (κ1) is 19.8. The molecule has 1 amide bonds. The highest BCUT2D eigenvalue weighted by Gasteiger charge is 2.21. The molecule has 27 heavy (non-hydrogen) atoms. The Labute approximate surface area is 168 Å². The van der Waals surface area contributed by atoms with Crippen LogP contribution < -0.4 is 5.32 Å². The lowest BCUT2D eigenvalue weighted by Crippen LogP contribution is -2.24. The van der Waals surface area contributed by atoms with E-state index < -0.39 is 0 Å². The lowest BCUT2D eigenvalue weighted by atomic mass is 10.1. The van der Waals surface area contributed by atoms with Gasteiger partial charge in [0.05, 0.1) is 15.8 Å². The van der Waals surface area contributed by atoms with Gasteiger partial charge in [0.2, 0.25) is 11.0 Å². The van der Waals surface area contributed by atoms with Crippen LogP contribution in [0.15, 0.2) is 29.3 Å². The second kappa shape index (κ2) is 8.35. The van der Waals surface area contributed by atoms with Crippen LogP contribution >= 0.6 is 23.1 Å². The summed E-state index contributed by atoms with van der Waals surface area (Å²) in [6.45, 7) is 10.3. The number of benzene rings is 1. The number of aromatic nitrogens is 3. The summed E-state index contributed by atoms with van der Waals surface area (Å²) in [6, 6.07) is 8.26. The third-order valence-corrected chi connectivity index (χ3v) is 6.74. The number of para-hydroxylation sites is 1. The molecule has 2 heterocycles. The molecule has 0 spiro atoms. The highest BCUT2D eigenvalue weighted by Crippen LogP contribution is 2.30. The molecule has 0 aliphatic rings. The van der Waals surface area contributed by atoms with E-state index >= 15 is 0 Å². The van der Waals surface area contributed by atoms with Crippen LogP contribution in [0.2, 0.25) is 0 Å². The standard InChI is InChI=1S/C20H24N4OS2/c1-6-15(18(25)22-20-24-23-19(27-20)11(2)3)26-16-10-13(5)14-9-7-8-12(4)17(14)21-16/h7-11,15H,6H2,1-5H3,(H,22,24,25). The highest BCUT2D eigenvalue weighted by molar-refractivity contribution is 8.00. The van der Waals surface area contributed by atoms with Gasteiger partial charge in [0.1, 0.15) is 5.01 Å². The molecule has 0 radical (unpaired) electrons. The Balaban J connectivity index is 1.78. The quantitative estimate of drug-likeness (QED) is 0.566. The van der Waals surface area contributed by atoms with E-state index in [0.717, 1.165) is 26.5 Å². The van der Waals surface area contributed by atoms with Gasteiger partial charge < -0.3 is 0 Å². The Morgan fingerprint density at radius 1 is 1.22 bits per heavy atom. The Kier molecular flexibility index (Phi) is 6.11. The fourth-order valence-corrected chi connectivity index (χ4v) is 4.53. The van der Waals surface area contributed by atoms with E-state index in [-0.39, 0.29) is 11.2 Å². The van der Waals surface area contributed by atoms with Gasteiger partial charge in [-0.1, -0.05) is 62.1 Å². The molecular weight excluding hydrogens is 376 g/mol. The molecule has 0 bridgehead atoms. The normalized spacial score (nSPS) is 12.5. The lowest BCUT2D eigenvalue weighted by molar-refractivity contribution is -0.115. The van der Waals surface area contributed by atoms with Gasteiger partial charge in [-0.25, -0.2) is 4.98 Å². The molecule has 142 valence electrons. The predicted octanol–water partition coefficient (Wildman–Crippen LogP) is 5.34. The number of nitrogens with zero attached hydrogens (tertiary/aromatic N) is 3. The van der Waals surface area contributed by atoms with Gasteiger partial charge >= 0.3 is 0 Å². The number of anilines is 1. The highest BCUT2D eigenvalue weighted by atomic mass is 32.2. The molecule has 0 fully saturated rings. The van der Waals surface area contributed by atoms with Crippen LogP contribution in [0.25, 0.3) is 10.9 Å². The Morgan fingerprint density at radius 3 is 2.67 bits per heavy atom. The van der Waals surface area contributed by atoms with E-state index in [4.69, 9.17) is 4.98 Å². The summed E-state index contributed by atoms with van der Waals surface area (Å²) in [5, 5.41) is 14.4. The van der Waals surface area contributed by atoms with Crippen molar-refractivity contribution in [3.05, 3.63) is 40.4 Å². The number of nitrogens with one attached hydrogen (secondary N) is 1.